The van der Waals surface area contributed by atoms with Crippen molar-refractivity contribution in [2.45, 2.75) is 6.10 Å². The standard InChI is InChI=1S/C21H17NO2/c1-24-20-12-15(14-22)11-19(13-20)16-7-9-18(10-8-16)21(23)17-5-3-2-4-6-17/h2-13,21,23H,1H3. The van der Waals surface area contributed by atoms with Gasteiger partial charge in [-0.15, -0.1) is 0 Å². The van der Waals surface area contributed by atoms with Crippen molar-refractivity contribution in [2.24, 2.45) is 0 Å². The van der Waals surface area contributed by atoms with Crippen molar-refractivity contribution in [3.05, 3.63) is 89.5 Å². The van der Waals surface area contributed by atoms with Gasteiger partial charge in [-0.05, 0) is 40.5 Å². The molecule has 0 aliphatic heterocycles. The number of hydrogen-bond donors (Lipinski definition) is 1. The predicted octanol–water partition coefficient (Wildman–Crippen LogP) is 4.32. The molecule has 0 bridgehead atoms. The first kappa shape index (κ1) is 15.8. The molecule has 0 aliphatic rings. The number of benzene rings is 3. The summed E-state index contributed by atoms with van der Waals surface area (Å²) in [5.41, 5.74) is 4.12. The molecule has 3 heteroatoms. The van der Waals surface area contributed by atoms with Gasteiger partial charge in [-0.3, -0.25) is 0 Å². The van der Waals surface area contributed by atoms with Crippen LogP contribution in [0.25, 0.3) is 11.1 Å². The second-order valence-corrected chi connectivity index (χ2v) is 5.50. The fraction of sp³-hybridized carbons (Fsp3) is 0.0952. The van der Waals surface area contributed by atoms with Crippen LogP contribution in [0.5, 0.6) is 5.75 Å². The zero-order valence-corrected chi connectivity index (χ0v) is 13.3. The summed E-state index contributed by atoms with van der Waals surface area (Å²) in [6.07, 6.45) is -0.653. The molecule has 3 aromatic rings. The molecule has 0 saturated carbocycles. The van der Waals surface area contributed by atoms with E-state index in [1.54, 1.807) is 13.2 Å². The molecule has 24 heavy (non-hydrogen) atoms. The zero-order valence-electron chi connectivity index (χ0n) is 13.3. The third-order valence-electron chi connectivity index (χ3n) is 3.95. The van der Waals surface area contributed by atoms with Crippen molar-refractivity contribution in [1.29, 1.82) is 5.26 Å². The molecule has 1 N–H and O–H groups in total. The Hall–Kier alpha value is -3.09. The van der Waals surface area contributed by atoms with Crippen molar-refractivity contribution in [3.8, 4) is 22.9 Å². The average molecular weight is 315 g/mol. The third-order valence-corrected chi connectivity index (χ3v) is 3.95. The van der Waals surface area contributed by atoms with Gasteiger partial charge in [0.2, 0.25) is 0 Å². The summed E-state index contributed by atoms with van der Waals surface area (Å²) in [7, 11) is 1.58. The van der Waals surface area contributed by atoms with Gasteiger partial charge in [0.25, 0.3) is 0 Å². The van der Waals surface area contributed by atoms with Crippen LogP contribution < -0.4 is 4.74 Å². The molecule has 3 rings (SSSR count). The van der Waals surface area contributed by atoms with E-state index in [0.717, 1.165) is 22.3 Å². The van der Waals surface area contributed by atoms with Crippen LogP contribution in [0.4, 0.5) is 0 Å². The van der Waals surface area contributed by atoms with Crippen LogP contribution in [0, 0.1) is 11.3 Å². The van der Waals surface area contributed by atoms with Gasteiger partial charge in [-0.25, -0.2) is 0 Å². The molecule has 0 aromatic heterocycles. The molecule has 0 radical (unpaired) electrons. The number of aliphatic hydroxyl groups excluding tert-OH is 1. The third kappa shape index (κ3) is 3.29. The first-order chi connectivity index (χ1) is 11.7. The maximum absolute atomic E-state index is 10.5. The van der Waals surface area contributed by atoms with Crippen LogP contribution in [0.1, 0.15) is 22.8 Å². The highest BCUT2D eigenvalue weighted by atomic mass is 16.5. The van der Waals surface area contributed by atoms with Gasteiger partial charge in [-0.2, -0.15) is 5.26 Å². The van der Waals surface area contributed by atoms with E-state index in [4.69, 9.17) is 10.00 Å². The Morgan fingerprint density at radius 1 is 0.875 bits per heavy atom. The Morgan fingerprint density at radius 3 is 2.17 bits per heavy atom. The van der Waals surface area contributed by atoms with E-state index in [-0.39, 0.29) is 0 Å². The highest BCUT2D eigenvalue weighted by molar-refractivity contribution is 5.67. The van der Waals surface area contributed by atoms with Crippen molar-refractivity contribution in [3.63, 3.8) is 0 Å². The van der Waals surface area contributed by atoms with Gasteiger partial charge in [-0.1, -0.05) is 54.6 Å². The number of hydrogen-bond acceptors (Lipinski definition) is 3. The second kappa shape index (κ2) is 6.99. The summed E-state index contributed by atoms with van der Waals surface area (Å²) < 4.78 is 5.25. The minimum atomic E-state index is -0.653. The van der Waals surface area contributed by atoms with Crippen LogP contribution in [0.15, 0.2) is 72.8 Å². The molecule has 0 aliphatic carbocycles. The maximum Gasteiger partial charge on any atom is 0.120 e. The average Bonchev–Trinajstić information content (AvgIpc) is 2.67. The van der Waals surface area contributed by atoms with E-state index >= 15 is 0 Å². The van der Waals surface area contributed by atoms with Crippen molar-refractivity contribution < 1.29 is 9.84 Å². The van der Waals surface area contributed by atoms with Crippen molar-refractivity contribution >= 4 is 0 Å². The predicted molar refractivity (Wildman–Crippen MR) is 93.6 cm³/mol. The molecule has 118 valence electrons. The number of nitrogens with zero attached hydrogens (tertiary/aromatic N) is 1. The molecular formula is C21H17NO2. The van der Waals surface area contributed by atoms with Crippen LogP contribution in [0.3, 0.4) is 0 Å². The van der Waals surface area contributed by atoms with Crippen LogP contribution in [-0.2, 0) is 0 Å². The molecule has 0 heterocycles. The number of rotatable bonds is 4. The normalized spacial score (nSPS) is 11.5. The summed E-state index contributed by atoms with van der Waals surface area (Å²) >= 11 is 0. The molecule has 0 spiro atoms. The van der Waals surface area contributed by atoms with Gasteiger partial charge in [0.1, 0.15) is 11.9 Å². The van der Waals surface area contributed by atoms with Gasteiger partial charge >= 0.3 is 0 Å². The molecule has 3 aromatic carbocycles. The van der Waals surface area contributed by atoms with E-state index in [1.807, 2.05) is 66.7 Å². The highest BCUT2D eigenvalue weighted by Gasteiger charge is 2.10. The second-order valence-electron chi connectivity index (χ2n) is 5.50. The molecule has 3 nitrogen and oxygen atoms in total. The molecule has 0 amide bonds. The molecular weight excluding hydrogens is 298 g/mol. The summed E-state index contributed by atoms with van der Waals surface area (Å²) in [5, 5.41) is 19.6. The summed E-state index contributed by atoms with van der Waals surface area (Å²) in [4.78, 5) is 0. The number of aliphatic hydroxyl groups is 1. The Balaban J connectivity index is 1.91. The van der Waals surface area contributed by atoms with Gasteiger partial charge < -0.3 is 9.84 Å². The Labute approximate surface area is 141 Å². The maximum atomic E-state index is 10.5. The Bertz CT molecular complexity index is 865. The molecule has 0 saturated heterocycles. The van der Waals surface area contributed by atoms with E-state index < -0.39 is 6.10 Å². The first-order valence-corrected chi connectivity index (χ1v) is 7.64. The van der Waals surface area contributed by atoms with Crippen LogP contribution >= 0.6 is 0 Å². The van der Waals surface area contributed by atoms with Gasteiger partial charge in [0.15, 0.2) is 0 Å². The fourth-order valence-corrected chi connectivity index (χ4v) is 2.63. The Morgan fingerprint density at radius 2 is 1.54 bits per heavy atom. The largest absolute Gasteiger partial charge is 0.497 e. The monoisotopic (exact) mass is 315 g/mol. The van der Waals surface area contributed by atoms with Gasteiger partial charge in [0.05, 0.1) is 18.7 Å². The minimum Gasteiger partial charge on any atom is -0.497 e. The SMILES string of the molecule is COc1cc(C#N)cc(-c2ccc(C(O)c3ccccc3)cc2)c1. The number of ether oxygens (including phenoxy) is 1. The lowest BCUT2D eigenvalue weighted by atomic mass is 9.97. The van der Waals surface area contributed by atoms with Crippen LogP contribution in [0.2, 0.25) is 0 Å². The first-order valence-electron chi connectivity index (χ1n) is 7.64. The van der Waals surface area contributed by atoms with E-state index in [2.05, 4.69) is 6.07 Å². The lowest BCUT2D eigenvalue weighted by Gasteiger charge is -2.12. The lowest BCUT2D eigenvalue weighted by Crippen LogP contribution is -1.99. The van der Waals surface area contributed by atoms with Crippen molar-refractivity contribution in [2.75, 3.05) is 7.11 Å². The fourth-order valence-electron chi connectivity index (χ4n) is 2.63. The summed E-state index contributed by atoms with van der Waals surface area (Å²) in [6.45, 7) is 0. The topological polar surface area (TPSA) is 53.2 Å². The summed E-state index contributed by atoms with van der Waals surface area (Å²) in [6, 6.07) is 24.8. The number of nitriles is 1. The van der Waals surface area contributed by atoms with E-state index in [1.165, 1.54) is 0 Å². The smallest absolute Gasteiger partial charge is 0.120 e. The molecule has 1 unspecified atom stereocenters. The lowest BCUT2D eigenvalue weighted by molar-refractivity contribution is 0.220. The minimum absolute atomic E-state index is 0.553. The van der Waals surface area contributed by atoms with Crippen molar-refractivity contribution in [1.82, 2.24) is 0 Å². The highest BCUT2D eigenvalue weighted by Crippen LogP contribution is 2.28. The van der Waals surface area contributed by atoms with E-state index in [9.17, 15) is 5.11 Å². The molecule has 1 atom stereocenters. The van der Waals surface area contributed by atoms with Crippen LogP contribution in [-0.4, -0.2) is 12.2 Å². The zero-order chi connectivity index (χ0) is 16.9. The quantitative estimate of drug-likeness (QED) is 0.780. The number of methoxy groups -OCH3 is 1. The Kier molecular flexibility index (Phi) is 4.60. The van der Waals surface area contributed by atoms with Gasteiger partial charge in [0, 0.05) is 0 Å². The molecule has 0 fully saturated rings. The summed E-state index contributed by atoms with van der Waals surface area (Å²) in [5.74, 6) is 0.650. The van der Waals surface area contributed by atoms with E-state index in [0.29, 0.717) is 11.3 Å².